The normalized spacial score (nSPS) is 12.7. The van der Waals surface area contributed by atoms with Gasteiger partial charge in [-0.1, -0.05) is 19.1 Å². The molecule has 0 aliphatic carbocycles. The number of rotatable bonds is 8. The van der Waals surface area contributed by atoms with Gasteiger partial charge in [-0.15, -0.1) is 23.1 Å². The van der Waals surface area contributed by atoms with Crippen LogP contribution in [0.1, 0.15) is 22.5 Å². The highest BCUT2D eigenvalue weighted by Crippen LogP contribution is 2.29. The van der Waals surface area contributed by atoms with E-state index in [1.807, 2.05) is 43.8 Å². The van der Waals surface area contributed by atoms with Crippen molar-refractivity contribution in [2.75, 3.05) is 26.5 Å². The molecule has 1 atom stereocenters. The van der Waals surface area contributed by atoms with E-state index in [1.165, 1.54) is 9.77 Å². The quantitative estimate of drug-likeness (QED) is 0.406. The summed E-state index contributed by atoms with van der Waals surface area (Å²) in [5, 5.41) is 7.88. The molecular weight excluding hydrogens is 364 g/mol. The molecular formula is C19H28N4OS2. The number of aryl methyl sites for hydroxylation is 2. The molecule has 142 valence electrons. The number of nitrogens with one attached hydrogen (secondary N) is 2. The summed E-state index contributed by atoms with van der Waals surface area (Å²) in [4.78, 5) is 11.2. The maximum atomic E-state index is 5.41. The Kier molecular flexibility index (Phi) is 8.25. The molecule has 0 saturated heterocycles. The van der Waals surface area contributed by atoms with Gasteiger partial charge in [-0.2, -0.15) is 0 Å². The first-order valence-electron chi connectivity index (χ1n) is 8.66. The van der Waals surface area contributed by atoms with Gasteiger partial charge in [-0.05, 0) is 31.9 Å². The number of methoxy groups -OCH3 is 1. The van der Waals surface area contributed by atoms with Crippen molar-refractivity contribution in [3.8, 4) is 5.75 Å². The van der Waals surface area contributed by atoms with Crippen molar-refractivity contribution in [1.82, 2.24) is 15.6 Å². The standard InChI is InChI=1S/C19H28N4OS2/c1-13(12-25-17-9-7-6-8-16(17)24-5)10-21-19(20-4)22-11-18-14(2)23-15(3)26-18/h6-9,13H,10-12H2,1-5H3,(H2,20,21,22). The Balaban J connectivity index is 1.76. The van der Waals surface area contributed by atoms with E-state index in [-0.39, 0.29) is 0 Å². The van der Waals surface area contributed by atoms with Gasteiger partial charge in [0.1, 0.15) is 5.75 Å². The molecule has 0 aliphatic heterocycles. The number of aliphatic imine (C=N–C) groups is 1. The van der Waals surface area contributed by atoms with Crippen molar-refractivity contribution in [2.45, 2.75) is 32.2 Å². The number of hydrogen-bond donors (Lipinski definition) is 2. The Morgan fingerprint density at radius 2 is 2.08 bits per heavy atom. The fourth-order valence-electron chi connectivity index (χ4n) is 2.42. The van der Waals surface area contributed by atoms with Crippen LogP contribution in [0.2, 0.25) is 0 Å². The maximum Gasteiger partial charge on any atom is 0.191 e. The van der Waals surface area contributed by atoms with E-state index in [9.17, 15) is 0 Å². The van der Waals surface area contributed by atoms with Crippen molar-refractivity contribution in [1.29, 1.82) is 0 Å². The molecule has 5 nitrogen and oxygen atoms in total. The molecule has 1 heterocycles. The highest BCUT2D eigenvalue weighted by Gasteiger charge is 2.09. The van der Waals surface area contributed by atoms with E-state index < -0.39 is 0 Å². The number of para-hydroxylation sites is 1. The van der Waals surface area contributed by atoms with Gasteiger partial charge in [-0.3, -0.25) is 4.99 Å². The zero-order chi connectivity index (χ0) is 18.9. The number of nitrogens with zero attached hydrogens (tertiary/aromatic N) is 2. The van der Waals surface area contributed by atoms with Crippen molar-refractivity contribution < 1.29 is 4.74 Å². The molecule has 7 heteroatoms. The van der Waals surface area contributed by atoms with E-state index in [2.05, 4.69) is 33.6 Å². The van der Waals surface area contributed by atoms with Crippen LogP contribution < -0.4 is 15.4 Å². The van der Waals surface area contributed by atoms with Gasteiger partial charge in [-0.25, -0.2) is 4.98 Å². The molecule has 1 aromatic heterocycles. The minimum absolute atomic E-state index is 0.496. The lowest BCUT2D eigenvalue weighted by Gasteiger charge is -2.16. The summed E-state index contributed by atoms with van der Waals surface area (Å²) in [6, 6.07) is 8.14. The number of aromatic nitrogens is 1. The number of thioether (sulfide) groups is 1. The van der Waals surface area contributed by atoms with Gasteiger partial charge < -0.3 is 15.4 Å². The van der Waals surface area contributed by atoms with Crippen LogP contribution in [0, 0.1) is 19.8 Å². The molecule has 2 N–H and O–H groups in total. The topological polar surface area (TPSA) is 58.5 Å². The lowest BCUT2D eigenvalue weighted by atomic mass is 10.2. The van der Waals surface area contributed by atoms with Crippen LogP contribution in [0.25, 0.3) is 0 Å². The molecule has 0 bridgehead atoms. The highest BCUT2D eigenvalue weighted by molar-refractivity contribution is 7.99. The second-order valence-corrected chi connectivity index (χ2v) is 8.46. The first kappa shape index (κ1) is 20.6. The smallest absolute Gasteiger partial charge is 0.191 e. The molecule has 0 aliphatic rings. The highest BCUT2D eigenvalue weighted by atomic mass is 32.2. The largest absolute Gasteiger partial charge is 0.496 e. The fourth-order valence-corrected chi connectivity index (χ4v) is 4.35. The molecule has 0 saturated carbocycles. The lowest BCUT2D eigenvalue weighted by Crippen LogP contribution is -2.39. The molecule has 0 spiro atoms. The van der Waals surface area contributed by atoms with Crippen LogP contribution in [0.3, 0.4) is 0 Å². The van der Waals surface area contributed by atoms with Gasteiger partial charge in [0.2, 0.25) is 0 Å². The Bertz CT molecular complexity index is 730. The van der Waals surface area contributed by atoms with Crippen LogP contribution in [-0.2, 0) is 6.54 Å². The Morgan fingerprint density at radius 1 is 1.31 bits per heavy atom. The third kappa shape index (κ3) is 6.21. The van der Waals surface area contributed by atoms with Gasteiger partial charge in [0.15, 0.2) is 5.96 Å². The van der Waals surface area contributed by atoms with Gasteiger partial charge in [0, 0.05) is 29.1 Å². The van der Waals surface area contributed by atoms with Crippen molar-refractivity contribution in [3.63, 3.8) is 0 Å². The number of guanidine groups is 1. The predicted molar refractivity (Wildman–Crippen MR) is 113 cm³/mol. The van der Waals surface area contributed by atoms with E-state index in [0.717, 1.165) is 41.3 Å². The third-order valence-corrected chi connectivity index (χ3v) is 6.31. The van der Waals surface area contributed by atoms with Crippen LogP contribution in [0.4, 0.5) is 0 Å². The van der Waals surface area contributed by atoms with E-state index >= 15 is 0 Å². The average Bonchev–Trinajstić information content (AvgIpc) is 2.97. The molecule has 0 amide bonds. The molecule has 1 unspecified atom stereocenters. The Labute approximate surface area is 164 Å². The summed E-state index contributed by atoms with van der Waals surface area (Å²) in [7, 11) is 3.51. The molecule has 26 heavy (non-hydrogen) atoms. The fraction of sp³-hybridized carbons (Fsp3) is 0.474. The first-order valence-corrected chi connectivity index (χ1v) is 10.5. The molecule has 0 radical (unpaired) electrons. The first-order chi connectivity index (χ1) is 12.5. The summed E-state index contributed by atoms with van der Waals surface area (Å²) < 4.78 is 5.41. The summed E-state index contributed by atoms with van der Waals surface area (Å²) in [6.45, 7) is 7.94. The average molecular weight is 393 g/mol. The van der Waals surface area contributed by atoms with Crippen molar-refractivity contribution in [3.05, 3.63) is 39.8 Å². The van der Waals surface area contributed by atoms with E-state index in [0.29, 0.717) is 5.92 Å². The monoisotopic (exact) mass is 392 g/mol. The summed E-state index contributed by atoms with van der Waals surface area (Å²) in [5.41, 5.74) is 1.09. The minimum Gasteiger partial charge on any atom is -0.496 e. The van der Waals surface area contributed by atoms with Crippen LogP contribution >= 0.6 is 23.1 Å². The maximum absolute atomic E-state index is 5.41. The molecule has 2 rings (SSSR count). The van der Waals surface area contributed by atoms with Crippen molar-refractivity contribution in [2.24, 2.45) is 10.9 Å². The Hall–Kier alpha value is -1.73. The molecule has 0 fully saturated rings. The van der Waals surface area contributed by atoms with Crippen LogP contribution in [0.5, 0.6) is 5.75 Å². The van der Waals surface area contributed by atoms with E-state index in [4.69, 9.17) is 4.74 Å². The second-order valence-electron chi connectivity index (χ2n) is 6.12. The van der Waals surface area contributed by atoms with Crippen molar-refractivity contribution >= 4 is 29.1 Å². The SMILES string of the molecule is CN=C(NCc1sc(C)nc1C)NCC(C)CSc1ccccc1OC. The number of hydrogen-bond acceptors (Lipinski definition) is 5. The number of benzene rings is 1. The van der Waals surface area contributed by atoms with Crippen LogP contribution in [-0.4, -0.2) is 37.4 Å². The van der Waals surface area contributed by atoms with Gasteiger partial charge in [0.25, 0.3) is 0 Å². The Morgan fingerprint density at radius 3 is 2.73 bits per heavy atom. The van der Waals surface area contributed by atoms with Gasteiger partial charge >= 0.3 is 0 Å². The lowest BCUT2D eigenvalue weighted by molar-refractivity contribution is 0.405. The summed E-state index contributed by atoms with van der Waals surface area (Å²) in [5.74, 6) is 3.27. The predicted octanol–water partition coefficient (Wildman–Crippen LogP) is 3.86. The van der Waals surface area contributed by atoms with E-state index in [1.54, 1.807) is 25.5 Å². The zero-order valence-corrected chi connectivity index (χ0v) is 17.8. The zero-order valence-electron chi connectivity index (χ0n) is 16.1. The minimum atomic E-state index is 0.496. The summed E-state index contributed by atoms with van der Waals surface area (Å²) in [6.07, 6.45) is 0. The van der Waals surface area contributed by atoms with Crippen LogP contribution in [0.15, 0.2) is 34.2 Å². The van der Waals surface area contributed by atoms with Gasteiger partial charge in [0.05, 0.1) is 24.4 Å². The summed E-state index contributed by atoms with van der Waals surface area (Å²) >= 11 is 3.55. The molecule has 1 aromatic carbocycles. The second kappa shape index (κ2) is 10.4. The third-order valence-electron chi connectivity index (χ3n) is 3.85. The molecule has 2 aromatic rings. The number of thiazole rings is 1. The number of ether oxygens (including phenoxy) is 1.